The maximum atomic E-state index is 11.0. The normalized spacial score (nSPS) is 14.3. The van der Waals surface area contributed by atoms with Gasteiger partial charge in [-0.2, -0.15) is 0 Å². The minimum atomic E-state index is -1.33. The summed E-state index contributed by atoms with van der Waals surface area (Å²) in [4.78, 5) is 15.4. The first kappa shape index (κ1) is 27.6. The van der Waals surface area contributed by atoms with Crippen LogP contribution in [0, 0.1) is 0 Å². The molecular weight excluding hydrogens is 506 g/mol. The van der Waals surface area contributed by atoms with Crippen LogP contribution in [-0.4, -0.2) is 42.9 Å². The summed E-state index contributed by atoms with van der Waals surface area (Å²) in [5, 5.41) is 11.0. The highest BCUT2D eigenvalue weighted by molar-refractivity contribution is 7.07. The van der Waals surface area contributed by atoms with Crippen molar-refractivity contribution < 1.29 is 33.6 Å². The van der Waals surface area contributed by atoms with Crippen LogP contribution in [0.4, 0.5) is 4.79 Å². The molecule has 0 spiro atoms. The van der Waals surface area contributed by atoms with Gasteiger partial charge >= 0.3 is 6.16 Å². The third-order valence-corrected chi connectivity index (χ3v) is 6.95. The van der Waals surface area contributed by atoms with Gasteiger partial charge in [-0.25, -0.2) is 9.78 Å². The number of carboxylic acid groups (broad SMARTS) is 1. The second kappa shape index (κ2) is 13.4. The van der Waals surface area contributed by atoms with Gasteiger partial charge in [0.1, 0.15) is 23.0 Å². The molecule has 1 aliphatic rings. The fourth-order valence-corrected chi connectivity index (χ4v) is 5.27. The van der Waals surface area contributed by atoms with Gasteiger partial charge in [0.05, 0.1) is 31.5 Å². The molecule has 1 aromatic heterocycles. The zero-order chi connectivity index (χ0) is 26.9. The van der Waals surface area contributed by atoms with Gasteiger partial charge in [-0.05, 0) is 43.0 Å². The number of nitrogens with zero attached hydrogens (tertiary/aromatic N) is 1. The van der Waals surface area contributed by atoms with E-state index in [-0.39, 0.29) is 0 Å². The molecule has 204 valence electrons. The zero-order valence-corrected chi connectivity index (χ0v) is 23.0. The predicted molar refractivity (Wildman–Crippen MR) is 146 cm³/mol. The molecule has 0 bridgehead atoms. The minimum absolute atomic E-state index is 0.474. The van der Waals surface area contributed by atoms with Crippen LogP contribution in [0.2, 0.25) is 0 Å². The molecule has 9 heteroatoms. The van der Waals surface area contributed by atoms with E-state index in [9.17, 15) is 4.79 Å². The maximum absolute atomic E-state index is 11.0. The number of ether oxygens (including phenoxy) is 5. The van der Waals surface area contributed by atoms with E-state index >= 15 is 0 Å². The van der Waals surface area contributed by atoms with E-state index < -0.39 is 12.4 Å². The Morgan fingerprint density at radius 3 is 2.45 bits per heavy atom. The lowest BCUT2D eigenvalue weighted by atomic mass is 9.98. The van der Waals surface area contributed by atoms with Crippen LogP contribution in [0.15, 0.2) is 35.2 Å². The number of rotatable bonds is 13. The fraction of sp³-hybridized carbons (Fsp3) is 0.448. The molecule has 8 nitrogen and oxygen atoms in total. The summed E-state index contributed by atoms with van der Waals surface area (Å²) in [7, 11) is 1.69. The van der Waals surface area contributed by atoms with Crippen molar-refractivity contribution in [1.29, 1.82) is 0 Å². The molecule has 3 aromatic rings. The number of hydrogen-bond acceptors (Lipinski definition) is 8. The van der Waals surface area contributed by atoms with Crippen LogP contribution in [0.3, 0.4) is 0 Å². The van der Waals surface area contributed by atoms with Gasteiger partial charge < -0.3 is 28.8 Å². The summed E-state index contributed by atoms with van der Waals surface area (Å²) in [6.07, 6.45) is 3.24. The second-order valence-electron chi connectivity index (χ2n) is 9.05. The number of fused-ring (bicyclic) bond motifs is 1. The van der Waals surface area contributed by atoms with Gasteiger partial charge in [0, 0.05) is 34.9 Å². The van der Waals surface area contributed by atoms with E-state index in [0.29, 0.717) is 38.2 Å². The van der Waals surface area contributed by atoms with Crippen molar-refractivity contribution >= 4 is 17.5 Å². The van der Waals surface area contributed by atoms with Gasteiger partial charge in [0.15, 0.2) is 0 Å². The Kier molecular flexibility index (Phi) is 9.70. The Morgan fingerprint density at radius 2 is 1.79 bits per heavy atom. The number of hydrogen-bond donors (Lipinski definition) is 1. The average Bonchev–Trinajstić information content (AvgIpc) is 3.45. The van der Waals surface area contributed by atoms with E-state index in [2.05, 4.69) is 18.8 Å². The molecule has 1 aliphatic heterocycles. The van der Waals surface area contributed by atoms with Crippen molar-refractivity contribution in [2.75, 3.05) is 20.3 Å². The highest BCUT2D eigenvalue weighted by Crippen LogP contribution is 2.40. The maximum Gasteiger partial charge on any atom is 0.508 e. The number of aromatic nitrogens is 1. The van der Waals surface area contributed by atoms with Crippen molar-refractivity contribution in [2.45, 2.75) is 65.1 Å². The predicted octanol–water partition coefficient (Wildman–Crippen LogP) is 6.92. The average molecular weight is 542 g/mol. The summed E-state index contributed by atoms with van der Waals surface area (Å²) in [6, 6.07) is 7.97. The van der Waals surface area contributed by atoms with Gasteiger partial charge in [0.2, 0.25) is 6.29 Å². The highest BCUT2D eigenvalue weighted by atomic mass is 32.1. The second-order valence-corrected chi connectivity index (χ2v) is 9.77. The van der Waals surface area contributed by atoms with Crippen LogP contribution < -0.4 is 18.9 Å². The van der Waals surface area contributed by atoms with E-state index in [0.717, 1.165) is 70.9 Å². The molecule has 1 atom stereocenters. The Morgan fingerprint density at radius 1 is 1.08 bits per heavy atom. The molecule has 0 fully saturated rings. The van der Waals surface area contributed by atoms with Gasteiger partial charge in [0.25, 0.3) is 0 Å². The SMILES string of the molecule is CCCc1c(OCCCOc2ccc(-c3cscn3)c(OC)c2CCC)ccc2c1OC(OC(=O)O)CC2. The van der Waals surface area contributed by atoms with Gasteiger partial charge in [-0.1, -0.05) is 32.8 Å². The molecule has 0 amide bonds. The zero-order valence-electron chi connectivity index (χ0n) is 22.2. The van der Waals surface area contributed by atoms with Crippen LogP contribution >= 0.6 is 11.3 Å². The first-order valence-corrected chi connectivity index (χ1v) is 14.0. The van der Waals surface area contributed by atoms with Crippen molar-refractivity contribution in [3.63, 3.8) is 0 Å². The monoisotopic (exact) mass is 541 g/mol. The molecular formula is C29H35NO7S. The minimum Gasteiger partial charge on any atom is -0.496 e. The van der Waals surface area contributed by atoms with Crippen LogP contribution in [0.1, 0.15) is 56.2 Å². The summed E-state index contributed by atoms with van der Waals surface area (Å²) in [5.74, 6) is 3.08. The molecule has 4 rings (SSSR count). The smallest absolute Gasteiger partial charge is 0.496 e. The molecule has 0 saturated heterocycles. The lowest BCUT2D eigenvalue weighted by Crippen LogP contribution is -2.28. The summed E-state index contributed by atoms with van der Waals surface area (Å²) >= 11 is 1.56. The quantitative estimate of drug-likeness (QED) is 0.184. The Labute approximate surface area is 227 Å². The molecule has 1 N–H and O–H groups in total. The molecule has 38 heavy (non-hydrogen) atoms. The topological polar surface area (TPSA) is 96.3 Å². The number of benzene rings is 2. The molecule has 0 aliphatic carbocycles. The number of thiazole rings is 1. The Bertz CT molecular complexity index is 1210. The van der Waals surface area contributed by atoms with E-state index in [1.54, 1.807) is 18.4 Å². The first-order chi connectivity index (χ1) is 18.5. The molecule has 0 saturated carbocycles. The van der Waals surface area contributed by atoms with Gasteiger partial charge in [-0.3, -0.25) is 0 Å². The molecule has 0 radical (unpaired) electrons. The van der Waals surface area contributed by atoms with E-state index in [1.807, 2.05) is 35.2 Å². The summed E-state index contributed by atoms with van der Waals surface area (Å²) in [6.45, 7) is 5.20. The van der Waals surface area contributed by atoms with Crippen LogP contribution in [0.25, 0.3) is 11.3 Å². The van der Waals surface area contributed by atoms with Crippen molar-refractivity contribution in [1.82, 2.24) is 4.98 Å². The third-order valence-electron chi connectivity index (χ3n) is 6.36. The van der Waals surface area contributed by atoms with E-state index in [4.69, 9.17) is 28.8 Å². The highest BCUT2D eigenvalue weighted by Gasteiger charge is 2.26. The molecule has 2 heterocycles. The number of aryl methyl sites for hydroxylation is 1. The Balaban J connectivity index is 1.40. The molecule has 2 aromatic carbocycles. The third kappa shape index (κ3) is 6.51. The van der Waals surface area contributed by atoms with Crippen LogP contribution in [-0.2, 0) is 24.0 Å². The number of carbonyl (C=O) groups is 1. The fourth-order valence-electron chi connectivity index (χ4n) is 4.72. The summed E-state index contributed by atoms with van der Waals surface area (Å²) in [5.41, 5.74) is 6.76. The van der Waals surface area contributed by atoms with Crippen LogP contribution in [0.5, 0.6) is 23.0 Å². The largest absolute Gasteiger partial charge is 0.508 e. The van der Waals surface area contributed by atoms with Crippen molar-refractivity contribution in [3.8, 4) is 34.3 Å². The molecule has 1 unspecified atom stereocenters. The lowest BCUT2D eigenvalue weighted by Gasteiger charge is -2.27. The number of methoxy groups -OCH3 is 1. The Hall–Kier alpha value is -3.46. The van der Waals surface area contributed by atoms with Crippen molar-refractivity contribution in [3.05, 3.63) is 51.8 Å². The van der Waals surface area contributed by atoms with E-state index in [1.165, 1.54) is 0 Å². The van der Waals surface area contributed by atoms with Gasteiger partial charge in [-0.15, -0.1) is 11.3 Å². The lowest BCUT2D eigenvalue weighted by molar-refractivity contribution is -0.0640. The summed E-state index contributed by atoms with van der Waals surface area (Å²) < 4.78 is 28.9. The van der Waals surface area contributed by atoms with Crippen molar-refractivity contribution in [2.24, 2.45) is 0 Å². The standard InChI is InChI=1S/C29H35NO7S/c1-4-7-21-24(12-9-19-10-14-26(36-27(19)21)37-29(31)32)34-15-6-16-35-25-13-11-20(23-17-38-18-30-23)28(33-3)22(25)8-5-2/h9,11-13,17-18,26H,4-8,10,14-16H2,1-3H3,(H,31,32). The first-order valence-electron chi connectivity index (χ1n) is 13.1.